The van der Waals surface area contributed by atoms with E-state index in [9.17, 15) is 0 Å². The number of hydrogen-bond acceptors (Lipinski definition) is 5. The van der Waals surface area contributed by atoms with E-state index in [-0.39, 0.29) is 0 Å². The predicted molar refractivity (Wildman–Crippen MR) is 139 cm³/mol. The Morgan fingerprint density at radius 2 is 1.56 bits per heavy atom. The van der Waals surface area contributed by atoms with Gasteiger partial charge in [-0.3, -0.25) is 5.43 Å². The smallest absolute Gasteiger partial charge is 0.169 e. The SMILES string of the molecule is Nc1cc(Cc2cccc3c2ccn3Cc2cccc(Cc3ccccc3)c2)c2c(n1)NNN2. The third kappa shape index (κ3) is 3.95. The molecule has 0 saturated heterocycles. The van der Waals surface area contributed by atoms with Gasteiger partial charge in [0.25, 0.3) is 0 Å². The molecule has 5 aromatic rings. The van der Waals surface area contributed by atoms with E-state index in [2.05, 4.69) is 111 Å². The highest BCUT2D eigenvalue weighted by atomic mass is 15.6. The van der Waals surface area contributed by atoms with Gasteiger partial charge in [0.1, 0.15) is 5.82 Å². The summed E-state index contributed by atoms with van der Waals surface area (Å²) >= 11 is 0. The molecule has 1 aliphatic rings. The largest absolute Gasteiger partial charge is 0.384 e. The fraction of sp³-hybridized carbons (Fsp3) is 0.107. The number of nitrogens with zero attached hydrogens (tertiary/aromatic N) is 2. The molecule has 6 nitrogen and oxygen atoms in total. The Morgan fingerprint density at radius 1 is 0.735 bits per heavy atom. The second-order valence-electron chi connectivity index (χ2n) is 8.76. The highest BCUT2D eigenvalue weighted by Gasteiger charge is 2.17. The molecular formula is C28H26N6. The van der Waals surface area contributed by atoms with E-state index in [4.69, 9.17) is 5.73 Å². The van der Waals surface area contributed by atoms with Gasteiger partial charge in [-0.05, 0) is 52.4 Å². The monoisotopic (exact) mass is 446 g/mol. The van der Waals surface area contributed by atoms with Crippen LogP contribution in [0.5, 0.6) is 0 Å². The molecule has 0 radical (unpaired) electrons. The molecule has 0 amide bonds. The summed E-state index contributed by atoms with van der Waals surface area (Å²) in [5.41, 5.74) is 23.6. The van der Waals surface area contributed by atoms with E-state index in [0.29, 0.717) is 5.82 Å². The van der Waals surface area contributed by atoms with Crippen molar-refractivity contribution in [2.24, 2.45) is 0 Å². The Balaban J connectivity index is 1.28. The molecule has 5 N–H and O–H groups in total. The lowest BCUT2D eigenvalue weighted by molar-refractivity contribution is 0.835. The van der Waals surface area contributed by atoms with Gasteiger partial charge in [-0.15, -0.1) is 5.53 Å². The van der Waals surface area contributed by atoms with Crippen LogP contribution in [-0.4, -0.2) is 9.55 Å². The molecule has 0 aliphatic carbocycles. The van der Waals surface area contributed by atoms with Gasteiger partial charge in [-0.2, -0.15) is 0 Å². The Hall–Kier alpha value is -4.29. The maximum absolute atomic E-state index is 6.04. The number of pyridine rings is 1. The van der Waals surface area contributed by atoms with Crippen LogP contribution in [0, 0.1) is 0 Å². The number of aromatic nitrogens is 2. The van der Waals surface area contributed by atoms with Crippen LogP contribution in [0.3, 0.4) is 0 Å². The number of hydrazine groups is 2. The number of rotatable bonds is 6. The molecule has 2 aromatic heterocycles. The maximum Gasteiger partial charge on any atom is 0.169 e. The summed E-state index contributed by atoms with van der Waals surface area (Å²) < 4.78 is 2.33. The summed E-state index contributed by atoms with van der Waals surface area (Å²) in [6.45, 7) is 0.836. The van der Waals surface area contributed by atoms with Crippen LogP contribution in [0.25, 0.3) is 10.9 Å². The van der Waals surface area contributed by atoms with E-state index in [0.717, 1.165) is 36.5 Å². The van der Waals surface area contributed by atoms with E-state index >= 15 is 0 Å². The average molecular weight is 447 g/mol. The standard InChI is InChI=1S/C28H26N6/c29-26-17-23(27-28(30-26)32-33-31-27)16-22-10-5-11-25-24(22)12-13-34(25)18-21-9-4-8-20(15-21)14-19-6-2-1-3-7-19/h1-13,15,17,31,33H,14,16,18H2,(H3,29,30,32). The first-order valence-electron chi connectivity index (χ1n) is 11.5. The number of hydrogen-bond donors (Lipinski definition) is 4. The first-order chi connectivity index (χ1) is 16.7. The van der Waals surface area contributed by atoms with Crippen LogP contribution >= 0.6 is 0 Å². The molecule has 6 heteroatoms. The van der Waals surface area contributed by atoms with Crippen LogP contribution in [0.15, 0.2) is 91.1 Å². The van der Waals surface area contributed by atoms with Gasteiger partial charge in [0.2, 0.25) is 0 Å². The molecule has 0 fully saturated rings. The number of nitrogens with one attached hydrogen (secondary N) is 3. The van der Waals surface area contributed by atoms with E-state index in [1.807, 2.05) is 6.07 Å². The molecule has 0 atom stereocenters. The fourth-order valence-electron chi connectivity index (χ4n) is 4.79. The molecule has 3 aromatic carbocycles. The number of anilines is 3. The van der Waals surface area contributed by atoms with Crippen LogP contribution in [0.4, 0.5) is 17.3 Å². The van der Waals surface area contributed by atoms with Gasteiger partial charge < -0.3 is 15.7 Å². The third-order valence-electron chi connectivity index (χ3n) is 6.37. The minimum absolute atomic E-state index is 0.506. The lowest BCUT2D eigenvalue weighted by atomic mass is 10.0. The molecular weight excluding hydrogens is 420 g/mol. The Kier molecular flexibility index (Phi) is 5.13. The minimum Gasteiger partial charge on any atom is -0.384 e. The lowest BCUT2D eigenvalue weighted by Gasteiger charge is -2.11. The number of benzene rings is 3. The van der Waals surface area contributed by atoms with Crippen molar-refractivity contribution in [3.63, 3.8) is 0 Å². The maximum atomic E-state index is 6.04. The summed E-state index contributed by atoms with van der Waals surface area (Å²) in [7, 11) is 0. The molecule has 0 bridgehead atoms. The van der Waals surface area contributed by atoms with Gasteiger partial charge in [0.15, 0.2) is 5.82 Å². The molecule has 0 saturated carbocycles. The number of fused-ring (bicyclic) bond motifs is 2. The molecule has 168 valence electrons. The number of nitrogens with two attached hydrogens (primary N) is 1. The Labute approximate surface area is 198 Å². The van der Waals surface area contributed by atoms with Gasteiger partial charge in [0, 0.05) is 30.1 Å². The van der Waals surface area contributed by atoms with E-state index in [1.165, 1.54) is 33.2 Å². The Bertz CT molecular complexity index is 1470. The predicted octanol–water partition coefficient (Wildman–Crippen LogP) is 5.11. The third-order valence-corrected chi connectivity index (χ3v) is 6.37. The van der Waals surface area contributed by atoms with Gasteiger partial charge >= 0.3 is 0 Å². The van der Waals surface area contributed by atoms with Crippen molar-refractivity contribution in [3.8, 4) is 0 Å². The fourth-order valence-corrected chi connectivity index (χ4v) is 4.79. The van der Waals surface area contributed by atoms with E-state index < -0.39 is 0 Å². The molecule has 1 aliphatic heterocycles. The zero-order chi connectivity index (χ0) is 22.9. The van der Waals surface area contributed by atoms with Crippen LogP contribution in [0.1, 0.15) is 27.8 Å². The molecule has 0 spiro atoms. The lowest BCUT2D eigenvalue weighted by Crippen LogP contribution is -2.19. The van der Waals surface area contributed by atoms with Gasteiger partial charge in [0.05, 0.1) is 5.69 Å². The highest BCUT2D eigenvalue weighted by molar-refractivity contribution is 5.85. The summed E-state index contributed by atoms with van der Waals surface area (Å²) in [4.78, 5) is 4.34. The summed E-state index contributed by atoms with van der Waals surface area (Å²) in [5, 5.41) is 1.26. The minimum atomic E-state index is 0.506. The topological polar surface area (TPSA) is 79.9 Å². The van der Waals surface area contributed by atoms with Crippen LogP contribution < -0.4 is 22.1 Å². The summed E-state index contributed by atoms with van der Waals surface area (Å²) in [6, 6.07) is 30.2. The molecule has 34 heavy (non-hydrogen) atoms. The van der Waals surface area contributed by atoms with Gasteiger partial charge in [-0.25, -0.2) is 4.98 Å². The summed E-state index contributed by atoms with van der Waals surface area (Å²) in [6.07, 6.45) is 3.90. The van der Waals surface area contributed by atoms with Crippen molar-refractivity contribution in [1.29, 1.82) is 0 Å². The molecule has 0 unspecified atom stereocenters. The summed E-state index contributed by atoms with van der Waals surface area (Å²) in [5.74, 6) is 1.24. The normalized spacial score (nSPS) is 12.4. The van der Waals surface area contributed by atoms with Crippen molar-refractivity contribution in [1.82, 2.24) is 15.1 Å². The van der Waals surface area contributed by atoms with Crippen molar-refractivity contribution in [3.05, 3.63) is 119 Å². The molecule has 3 heterocycles. The van der Waals surface area contributed by atoms with Crippen molar-refractivity contribution in [2.75, 3.05) is 16.6 Å². The second kappa shape index (κ2) is 8.57. The van der Waals surface area contributed by atoms with Crippen molar-refractivity contribution < 1.29 is 0 Å². The first kappa shape index (κ1) is 20.3. The Morgan fingerprint density at radius 3 is 2.47 bits per heavy atom. The second-order valence-corrected chi connectivity index (χ2v) is 8.76. The zero-order valence-corrected chi connectivity index (χ0v) is 18.8. The quantitative estimate of drug-likeness (QED) is 0.292. The average Bonchev–Trinajstić information content (AvgIpc) is 3.48. The molecule has 6 rings (SSSR count). The van der Waals surface area contributed by atoms with Crippen molar-refractivity contribution >= 4 is 28.2 Å². The number of nitrogen functional groups attached to an aromatic ring is 1. The first-order valence-corrected chi connectivity index (χ1v) is 11.5. The van der Waals surface area contributed by atoms with Crippen LogP contribution in [0.2, 0.25) is 0 Å². The van der Waals surface area contributed by atoms with Gasteiger partial charge in [-0.1, -0.05) is 66.7 Å². The highest BCUT2D eigenvalue weighted by Crippen LogP contribution is 2.32. The van der Waals surface area contributed by atoms with E-state index in [1.54, 1.807) is 0 Å². The zero-order valence-electron chi connectivity index (χ0n) is 18.8. The van der Waals surface area contributed by atoms with Crippen LogP contribution in [-0.2, 0) is 19.4 Å². The van der Waals surface area contributed by atoms with Crippen molar-refractivity contribution in [2.45, 2.75) is 19.4 Å².